The summed E-state index contributed by atoms with van der Waals surface area (Å²) in [5, 5.41) is 12.7. The van der Waals surface area contributed by atoms with Crippen molar-refractivity contribution in [2.24, 2.45) is 0 Å². The van der Waals surface area contributed by atoms with E-state index in [9.17, 15) is 9.90 Å². The first-order valence-electron chi connectivity index (χ1n) is 10.8. The largest absolute Gasteiger partial charge is 0.431 e. The van der Waals surface area contributed by atoms with Crippen LogP contribution in [0.15, 0.2) is 60.7 Å². The Morgan fingerprint density at radius 3 is 1.97 bits per heavy atom. The number of hydrogen-bond acceptors (Lipinski definition) is 7. The predicted octanol–water partition coefficient (Wildman–Crippen LogP) is 3.24. The molecule has 1 N–H and O–H groups in total. The number of fused-ring (bicyclic) bond motifs is 2. The van der Waals surface area contributed by atoms with E-state index in [0.717, 1.165) is 0 Å². The van der Waals surface area contributed by atoms with E-state index in [1.165, 1.54) is 0 Å². The molecule has 0 aliphatic carbocycles. The fourth-order valence-corrected chi connectivity index (χ4v) is 5.22. The Morgan fingerprint density at radius 1 is 0.844 bits per heavy atom. The lowest BCUT2D eigenvalue weighted by atomic mass is 9.67. The lowest BCUT2D eigenvalue weighted by Crippen LogP contribution is -2.61. The Kier molecular flexibility index (Phi) is 4.78. The van der Waals surface area contributed by atoms with Crippen LogP contribution in [-0.2, 0) is 34.1 Å². The summed E-state index contributed by atoms with van der Waals surface area (Å²) in [5.41, 5.74) is -2.15. The van der Waals surface area contributed by atoms with Gasteiger partial charge in [-0.15, -0.1) is 0 Å². The summed E-state index contributed by atoms with van der Waals surface area (Å²) in [4.78, 5) is 13.4. The van der Waals surface area contributed by atoms with Gasteiger partial charge in [-0.25, -0.2) is 4.79 Å². The van der Waals surface area contributed by atoms with Crippen molar-refractivity contribution >= 4 is 5.97 Å². The van der Waals surface area contributed by atoms with E-state index in [0.29, 0.717) is 11.1 Å². The molecule has 7 nitrogen and oxygen atoms in total. The molecule has 4 atom stereocenters. The normalized spacial score (nSPS) is 33.2. The summed E-state index contributed by atoms with van der Waals surface area (Å²) < 4.78 is 30.2. The van der Waals surface area contributed by atoms with Crippen molar-refractivity contribution in [3.05, 3.63) is 71.8 Å². The minimum Gasteiger partial charge on any atom is -0.431 e. The topological polar surface area (TPSA) is 83.5 Å². The van der Waals surface area contributed by atoms with Crippen LogP contribution in [-0.4, -0.2) is 46.7 Å². The van der Waals surface area contributed by atoms with Crippen LogP contribution in [0.5, 0.6) is 0 Å². The van der Waals surface area contributed by atoms with Gasteiger partial charge in [0.25, 0.3) is 0 Å². The van der Waals surface area contributed by atoms with E-state index in [1.54, 1.807) is 27.7 Å². The maximum atomic E-state index is 13.4. The standard InChI is InChI=1S/C25H28O7/c1-22(2)29-18-15-24(19(30-23(3,4)32-24)20(26)28-21(18)31-22)25(27,16-11-7-5-8-12-16)17-13-9-6-10-14-17/h5-14,18-19,21,27H,15H2,1-4H3/t18-,19+,21-,24-/m1/s1. The molecule has 0 saturated carbocycles. The number of benzene rings is 2. The lowest BCUT2D eigenvalue weighted by Gasteiger charge is -2.46. The first-order valence-corrected chi connectivity index (χ1v) is 10.8. The Bertz CT molecular complexity index is 964. The molecule has 0 bridgehead atoms. The predicted molar refractivity (Wildman–Crippen MR) is 113 cm³/mol. The molecule has 3 aliphatic rings. The molecule has 3 heterocycles. The molecule has 170 valence electrons. The molecule has 3 aliphatic heterocycles. The molecule has 5 rings (SSSR count). The van der Waals surface area contributed by atoms with Crippen LogP contribution < -0.4 is 0 Å². The fourth-order valence-electron chi connectivity index (χ4n) is 5.22. The molecule has 3 fully saturated rings. The van der Waals surface area contributed by atoms with Crippen molar-refractivity contribution in [3.63, 3.8) is 0 Å². The van der Waals surface area contributed by atoms with Crippen LogP contribution in [0, 0.1) is 0 Å². The molecule has 0 spiro atoms. The zero-order chi connectivity index (χ0) is 22.8. The van der Waals surface area contributed by atoms with Crippen LogP contribution in [0.2, 0.25) is 0 Å². The summed E-state index contributed by atoms with van der Waals surface area (Å²) >= 11 is 0. The first kappa shape index (κ1) is 21.6. The average Bonchev–Trinajstić information content (AvgIpc) is 3.17. The van der Waals surface area contributed by atoms with Crippen molar-refractivity contribution in [2.45, 2.75) is 75.4 Å². The van der Waals surface area contributed by atoms with Crippen molar-refractivity contribution < 1.29 is 33.6 Å². The van der Waals surface area contributed by atoms with E-state index in [1.807, 2.05) is 60.7 Å². The van der Waals surface area contributed by atoms with Crippen molar-refractivity contribution in [1.82, 2.24) is 0 Å². The van der Waals surface area contributed by atoms with Gasteiger partial charge in [0.05, 0.1) is 0 Å². The van der Waals surface area contributed by atoms with Gasteiger partial charge < -0.3 is 28.8 Å². The molecule has 32 heavy (non-hydrogen) atoms. The molecule has 2 aromatic carbocycles. The van der Waals surface area contributed by atoms with Crippen molar-refractivity contribution in [3.8, 4) is 0 Å². The third-order valence-corrected chi connectivity index (χ3v) is 6.34. The summed E-state index contributed by atoms with van der Waals surface area (Å²) in [5.74, 6) is -2.76. The monoisotopic (exact) mass is 440 g/mol. The van der Waals surface area contributed by atoms with Crippen LogP contribution in [0.1, 0.15) is 45.2 Å². The maximum Gasteiger partial charge on any atom is 0.341 e. The molecule has 7 heteroatoms. The minimum atomic E-state index is -1.75. The highest BCUT2D eigenvalue weighted by atomic mass is 16.8. The molecule has 0 unspecified atom stereocenters. The van der Waals surface area contributed by atoms with Crippen LogP contribution in [0.4, 0.5) is 0 Å². The zero-order valence-corrected chi connectivity index (χ0v) is 18.6. The Morgan fingerprint density at radius 2 is 1.41 bits per heavy atom. The van der Waals surface area contributed by atoms with Gasteiger partial charge in [0.2, 0.25) is 6.29 Å². The van der Waals surface area contributed by atoms with E-state index in [-0.39, 0.29) is 6.42 Å². The minimum absolute atomic E-state index is 0.112. The Balaban J connectivity index is 1.75. The van der Waals surface area contributed by atoms with Gasteiger partial charge in [-0.1, -0.05) is 60.7 Å². The molecule has 0 radical (unpaired) electrons. The van der Waals surface area contributed by atoms with Gasteiger partial charge in [0, 0.05) is 6.42 Å². The second-order valence-corrected chi connectivity index (χ2v) is 9.52. The van der Waals surface area contributed by atoms with E-state index >= 15 is 0 Å². The SMILES string of the molecule is CC1(C)O[C@H]2OC(=O)[C@@H]3OC(C)(C)O[C@]3(C(O)(c3ccccc3)c3ccccc3)C[C@H]2O1. The third-order valence-electron chi connectivity index (χ3n) is 6.34. The second kappa shape index (κ2) is 7.10. The van der Waals surface area contributed by atoms with E-state index < -0.39 is 47.2 Å². The van der Waals surface area contributed by atoms with Gasteiger partial charge in [0.1, 0.15) is 17.3 Å². The van der Waals surface area contributed by atoms with Gasteiger partial charge >= 0.3 is 5.97 Å². The summed E-state index contributed by atoms with van der Waals surface area (Å²) in [7, 11) is 0. The first-order chi connectivity index (χ1) is 15.1. The number of carbonyl (C=O) groups excluding carboxylic acids is 1. The Labute approximate surface area is 187 Å². The number of ether oxygens (including phenoxy) is 5. The number of rotatable bonds is 3. The molecular weight excluding hydrogens is 412 g/mol. The summed E-state index contributed by atoms with van der Waals surface area (Å²) in [6.45, 7) is 6.97. The van der Waals surface area contributed by atoms with Gasteiger partial charge in [-0.3, -0.25) is 0 Å². The van der Waals surface area contributed by atoms with Crippen LogP contribution in [0.3, 0.4) is 0 Å². The number of esters is 1. The molecule has 2 aromatic rings. The van der Waals surface area contributed by atoms with E-state index in [4.69, 9.17) is 23.7 Å². The maximum absolute atomic E-state index is 13.4. The molecule has 3 saturated heterocycles. The van der Waals surface area contributed by atoms with Crippen LogP contribution >= 0.6 is 0 Å². The van der Waals surface area contributed by atoms with Crippen LogP contribution in [0.25, 0.3) is 0 Å². The summed E-state index contributed by atoms with van der Waals surface area (Å²) in [6.07, 6.45) is -2.67. The second-order valence-electron chi connectivity index (χ2n) is 9.52. The number of hydrogen-bond donors (Lipinski definition) is 1. The highest BCUT2D eigenvalue weighted by Gasteiger charge is 2.71. The molecular formula is C25H28O7. The third kappa shape index (κ3) is 3.19. The Hall–Kier alpha value is -2.29. The summed E-state index contributed by atoms with van der Waals surface area (Å²) in [6, 6.07) is 18.4. The number of aliphatic hydroxyl groups is 1. The number of carbonyl (C=O) groups is 1. The highest BCUT2D eigenvalue weighted by Crippen LogP contribution is 2.56. The average molecular weight is 440 g/mol. The van der Waals surface area contributed by atoms with Gasteiger partial charge in [0.15, 0.2) is 17.7 Å². The zero-order valence-electron chi connectivity index (χ0n) is 18.6. The van der Waals surface area contributed by atoms with Crippen molar-refractivity contribution in [2.75, 3.05) is 0 Å². The highest BCUT2D eigenvalue weighted by molar-refractivity contribution is 5.78. The fraction of sp³-hybridized carbons (Fsp3) is 0.480. The van der Waals surface area contributed by atoms with Crippen molar-refractivity contribution in [1.29, 1.82) is 0 Å². The quantitative estimate of drug-likeness (QED) is 0.734. The van der Waals surface area contributed by atoms with Gasteiger partial charge in [-0.05, 0) is 38.8 Å². The smallest absolute Gasteiger partial charge is 0.341 e. The lowest BCUT2D eigenvalue weighted by molar-refractivity contribution is -0.220. The van der Waals surface area contributed by atoms with E-state index in [2.05, 4.69) is 0 Å². The molecule has 0 aromatic heterocycles. The van der Waals surface area contributed by atoms with Gasteiger partial charge in [-0.2, -0.15) is 0 Å². The molecule has 0 amide bonds.